The number of aromatic nitrogens is 3. The van der Waals surface area contributed by atoms with Crippen LogP contribution in [0.1, 0.15) is 43.8 Å². The SMILES string of the molecule is CCOC(=O)CSc1nnc(C(C)Oc2cccc(C)c2C)n1CC. The third kappa shape index (κ3) is 4.75. The molecule has 0 aliphatic rings. The van der Waals surface area contributed by atoms with Crippen LogP contribution in [0.2, 0.25) is 0 Å². The minimum atomic E-state index is -0.251. The monoisotopic (exact) mass is 363 g/mol. The van der Waals surface area contributed by atoms with Gasteiger partial charge in [0.15, 0.2) is 17.1 Å². The predicted octanol–water partition coefficient (Wildman–Crippen LogP) is 3.71. The zero-order chi connectivity index (χ0) is 18.4. The van der Waals surface area contributed by atoms with Gasteiger partial charge in [-0.1, -0.05) is 23.9 Å². The lowest BCUT2D eigenvalue weighted by Gasteiger charge is -2.17. The van der Waals surface area contributed by atoms with Gasteiger partial charge in [-0.2, -0.15) is 0 Å². The van der Waals surface area contributed by atoms with Crippen LogP contribution in [0.25, 0.3) is 0 Å². The summed E-state index contributed by atoms with van der Waals surface area (Å²) in [5, 5.41) is 9.18. The molecule has 7 heteroatoms. The zero-order valence-corrected chi connectivity index (χ0v) is 16.2. The van der Waals surface area contributed by atoms with Crippen LogP contribution in [0.15, 0.2) is 23.4 Å². The van der Waals surface area contributed by atoms with Crippen molar-refractivity contribution in [2.24, 2.45) is 0 Å². The van der Waals surface area contributed by atoms with Crippen LogP contribution in [0, 0.1) is 13.8 Å². The first kappa shape index (κ1) is 19.3. The summed E-state index contributed by atoms with van der Waals surface area (Å²) < 4.78 is 13.0. The second kappa shape index (κ2) is 8.89. The zero-order valence-electron chi connectivity index (χ0n) is 15.4. The van der Waals surface area contributed by atoms with Crippen LogP contribution in [-0.4, -0.2) is 33.1 Å². The molecular formula is C18H25N3O3S. The molecule has 2 rings (SSSR count). The number of hydrogen-bond donors (Lipinski definition) is 0. The molecule has 0 saturated heterocycles. The van der Waals surface area contributed by atoms with Gasteiger partial charge in [0.2, 0.25) is 0 Å². The fourth-order valence-electron chi connectivity index (χ4n) is 2.43. The lowest BCUT2D eigenvalue weighted by molar-refractivity contribution is -0.139. The molecule has 0 aliphatic heterocycles. The van der Waals surface area contributed by atoms with E-state index in [0.717, 1.165) is 17.1 Å². The van der Waals surface area contributed by atoms with Crippen molar-refractivity contribution in [3.05, 3.63) is 35.2 Å². The lowest BCUT2D eigenvalue weighted by atomic mass is 10.1. The van der Waals surface area contributed by atoms with E-state index in [1.54, 1.807) is 6.92 Å². The molecule has 1 aromatic carbocycles. The average molecular weight is 363 g/mol. The van der Waals surface area contributed by atoms with E-state index in [0.29, 0.717) is 18.3 Å². The van der Waals surface area contributed by atoms with Gasteiger partial charge in [0, 0.05) is 6.54 Å². The van der Waals surface area contributed by atoms with Gasteiger partial charge in [0.05, 0.1) is 12.4 Å². The maximum atomic E-state index is 11.5. The number of nitrogens with zero attached hydrogens (tertiary/aromatic N) is 3. The Balaban J connectivity index is 2.13. The molecule has 0 spiro atoms. The Kier molecular flexibility index (Phi) is 6.87. The smallest absolute Gasteiger partial charge is 0.316 e. The highest BCUT2D eigenvalue weighted by molar-refractivity contribution is 7.99. The Labute approximate surface area is 152 Å². The molecule has 0 aliphatic carbocycles. The first-order valence-corrected chi connectivity index (χ1v) is 9.40. The first-order chi connectivity index (χ1) is 12.0. The van der Waals surface area contributed by atoms with Crippen LogP contribution in [-0.2, 0) is 16.1 Å². The van der Waals surface area contributed by atoms with Crippen LogP contribution in [0.3, 0.4) is 0 Å². The molecule has 0 amide bonds. The highest BCUT2D eigenvalue weighted by Gasteiger charge is 2.20. The molecule has 1 heterocycles. The molecule has 0 fully saturated rings. The van der Waals surface area contributed by atoms with Crippen molar-refractivity contribution >= 4 is 17.7 Å². The predicted molar refractivity (Wildman–Crippen MR) is 98.0 cm³/mol. The number of aryl methyl sites for hydroxylation is 1. The first-order valence-electron chi connectivity index (χ1n) is 8.42. The molecule has 25 heavy (non-hydrogen) atoms. The van der Waals surface area contributed by atoms with Gasteiger partial charge >= 0.3 is 5.97 Å². The van der Waals surface area contributed by atoms with Gasteiger partial charge < -0.3 is 14.0 Å². The van der Waals surface area contributed by atoms with Crippen molar-refractivity contribution in [1.82, 2.24) is 14.8 Å². The molecule has 1 aromatic heterocycles. The number of carbonyl (C=O) groups excluding carboxylic acids is 1. The molecule has 0 saturated carbocycles. The highest BCUT2D eigenvalue weighted by Crippen LogP contribution is 2.27. The maximum Gasteiger partial charge on any atom is 0.316 e. The van der Waals surface area contributed by atoms with Crippen molar-refractivity contribution in [3.8, 4) is 5.75 Å². The number of carbonyl (C=O) groups is 1. The van der Waals surface area contributed by atoms with E-state index in [1.807, 2.05) is 37.5 Å². The van der Waals surface area contributed by atoms with Gasteiger partial charge in [-0.3, -0.25) is 4.79 Å². The Morgan fingerprint density at radius 2 is 2.04 bits per heavy atom. The van der Waals surface area contributed by atoms with Crippen molar-refractivity contribution in [2.45, 2.75) is 52.4 Å². The van der Waals surface area contributed by atoms with Gasteiger partial charge in [0.1, 0.15) is 5.75 Å². The second-order valence-corrected chi connectivity index (χ2v) is 6.58. The number of thioether (sulfide) groups is 1. The number of hydrogen-bond acceptors (Lipinski definition) is 6. The molecule has 1 unspecified atom stereocenters. The summed E-state index contributed by atoms with van der Waals surface area (Å²) in [7, 11) is 0. The molecule has 6 nitrogen and oxygen atoms in total. The van der Waals surface area contributed by atoms with E-state index in [9.17, 15) is 4.79 Å². The molecular weight excluding hydrogens is 338 g/mol. The number of rotatable bonds is 8. The molecule has 0 bridgehead atoms. The summed E-state index contributed by atoms with van der Waals surface area (Å²) in [5.74, 6) is 1.56. The summed E-state index contributed by atoms with van der Waals surface area (Å²) in [4.78, 5) is 11.5. The number of ether oxygens (including phenoxy) is 2. The Morgan fingerprint density at radius 3 is 2.72 bits per heavy atom. The van der Waals surface area contributed by atoms with Gasteiger partial charge in [-0.05, 0) is 51.8 Å². The van der Waals surface area contributed by atoms with E-state index >= 15 is 0 Å². The van der Waals surface area contributed by atoms with E-state index in [1.165, 1.54) is 17.3 Å². The molecule has 2 aromatic rings. The average Bonchev–Trinajstić information content (AvgIpc) is 3.00. The minimum absolute atomic E-state index is 0.220. The van der Waals surface area contributed by atoms with Crippen molar-refractivity contribution in [2.75, 3.05) is 12.4 Å². The Bertz CT molecular complexity index is 730. The minimum Gasteiger partial charge on any atom is -0.482 e. The molecule has 0 radical (unpaired) electrons. The summed E-state index contributed by atoms with van der Waals surface area (Å²) >= 11 is 1.33. The number of benzene rings is 1. The summed E-state index contributed by atoms with van der Waals surface area (Å²) in [5.41, 5.74) is 2.31. The van der Waals surface area contributed by atoms with Crippen LogP contribution < -0.4 is 4.74 Å². The summed E-state index contributed by atoms with van der Waals surface area (Å²) in [6, 6.07) is 6.00. The fourth-order valence-corrected chi connectivity index (χ4v) is 3.23. The fraction of sp³-hybridized carbons (Fsp3) is 0.500. The van der Waals surface area contributed by atoms with Gasteiger partial charge in [-0.15, -0.1) is 10.2 Å². The maximum absolute atomic E-state index is 11.5. The van der Waals surface area contributed by atoms with Gasteiger partial charge in [-0.25, -0.2) is 0 Å². The van der Waals surface area contributed by atoms with Gasteiger partial charge in [0.25, 0.3) is 0 Å². The third-order valence-electron chi connectivity index (χ3n) is 3.91. The second-order valence-electron chi connectivity index (χ2n) is 5.64. The summed E-state index contributed by atoms with van der Waals surface area (Å²) in [6.07, 6.45) is -0.245. The standard InChI is InChI=1S/C18H25N3O3S/c1-6-21-17(19-20-18(21)25-11-16(22)23-7-2)14(5)24-15-10-8-9-12(3)13(15)4/h8-10,14H,6-7,11H2,1-5H3. The lowest BCUT2D eigenvalue weighted by Crippen LogP contribution is -2.13. The van der Waals surface area contributed by atoms with E-state index < -0.39 is 0 Å². The van der Waals surface area contributed by atoms with Crippen molar-refractivity contribution in [3.63, 3.8) is 0 Å². The molecule has 0 N–H and O–H groups in total. The van der Waals surface area contributed by atoms with Crippen LogP contribution in [0.5, 0.6) is 5.75 Å². The largest absolute Gasteiger partial charge is 0.482 e. The van der Waals surface area contributed by atoms with E-state index in [4.69, 9.17) is 9.47 Å². The Morgan fingerprint density at radius 1 is 1.28 bits per heavy atom. The normalized spacial score (nSPS) is 12.0. The van der Waals surface area contributed by atoms with Crippen molar-refractivity contribution in [1.29, 1.82) is 0 Å². The Hall–Kier alpha value is -2.02. The highest BCUT2D eigenvalue weighted by atomic mass is 32.2. The van der Waals surface area contributed by atoms with Crippen molar-refractivity contribution < 1.29 is 14.3 Å². The molecule has 136 valence electrons. The van der Waals surface area contributed by atoms with E-state index in [2.05, 4.69) is 23.2 Å². The third-order valence-corrected chi connectivity index (χ3v) is 4.85. The van der Waals surface area contributed by atoms with E-state index in [-0.39, 0.29) is 17.8 Å². The van der Waals surface area contributed by atoms with Crippen LogP contribution >= 0.6 is 11.8 Å². The van der Waals surface area contributed by atoms with Crippen LogP contribution in [0.4, 0.5) is 0 Å². The molecule has 1 atom stereocenters. The topological polar surface area (TPSA) is 66.2 Å². The quantitative estimate of drug-likeness (QED) is 0.526. The summed E-state index contributed by atoms with van der Waals surface area (Å²) in [6.45, 7) is 11.0. The number of esters is 1.